The lowest BCUT2D eigenvalue weighted by Crippen LogP contribution is -2.49. The summed E-state index contributed by atoms with van der Waals surface area (Å²) < 4.78 is 15.2. The number of carbonyl (C=O) groups is 1. The van der Waals surface area contributed by atoms with E-state index in [9.17, 15) is 9.18 Å². The molecule has 162 valence electrons. The third kappa shape index (κ3) is 3.66. The lowest BCUT2D eigenvalue weighted by atomic mass is 10.1. The van der Waals surface area contributed by atoms with Crippen LogP contribution in [0.5, 0.6) is 0 Å². The van der Waals surface area contributed by atoms with Crippen molar-refractivity contribution < 1.29 is 9.18 Å². The number of halogens is 1. The number of piperazine rings is 1. The fraction of sp³-hybridized carbons (Fsp3) is 0.261. The zero-order chi connectivity index (χ0) is 22.2. The molecule has 0 N–H and O–H groups in total. The van der Waals surface area contributed by atoms with Crippen LogP contribution in [-0.4, -0.2) is 61.9 Å². The summed E-state index contributed by atoms with van der Waals surface area (Å²) in [5.41, 5.74) is 4.48. The standard InChI is InChI=1S/C23H22FN7O/c1-15-10-16(2)12-17(11-15)23(32)30-8-6-29(7-9-30)21-20-22(26-14-25-21)31(28-27-20)19-5-3-4-18(24)13-19/h3-5,10-14H,6-9H2,1-2H3. The highest BCUT2D eigenvalue weighted by Gasteiger charge is 2.25. The van der Waals surface area contributed by atoms with Crippen molar-refractivity contribution >= 4 is 22.9 Å². The molecule has 0 saturated carbocycles. The number of rotatable bonds is 3. The van der Waals surface area contributed by atoms with Crippen LogP contribution in [0.25, 0.3) is 16.9 Å². The van der Waals surface area contributed by atoms with Gasteiger partial charge in [0.25, 0.3) is 5.91 Å². The fourth-order valence-electron chi connectivity index (χ4n) is 4.15. The molecule has 0 bridgehead atoms. The molecule has 8 nitrogen and oxygen atoms in total. The zero-order valence-corrected chi connectivity index (χ0v) is 17.9. The Morgan fingerprint density at radius 1 is 0.969 bits per heavy atom. The summed E-state index contributed by atoms with van der Waals surface area (Å²) in [6.07, 6.45) is 1.46. The highest BCUT2D eigenvalue weighted by atomic mass is 19.1. The summed E-state index contributed by atoms with van der Waals surface area (Å²) >= 11 is 0. The van der Waals surface area contributed by atoms with E-state index in [2.05, 4.69) is 31.2 Å². The smallest absolute Gasteiger partial charge is 0.253 e. The second-order valence-corrected chi connectivity index (χ2v) is 8.01. The molecule has 1 aliphatic rings. The predicted octanol–water partition coefficient (Wildman–Crippen LogP) is 2.93. The number of fused-ring (bicyclic) bond motifs is 1. The Bertz CT molecular complexity index is 1290. The second-order valence-electron chi connectivity index (χ2n) is 8.01. The Balaban J connectivity index is 1.37. The van der Waals surface area contributed by atoms with E-state index < -0.39 is 0 Å². The number of nitrogens with zero attached hydrogens (tertiary/aromatic N) is 7. The van der Waals surface area contributed by atoms with Gasteiger partial charge in [-0.25, -0.2) is 14.4 Å². The minimum Gasteiger partial charge on any atom is -0.351 e. The van der Waals surface area contributed by atoms with Gasteiger partial charge in [-0.1, -0.05) is 28.5 Å². The van der Waals surface area contributed by atoms with Crippen LogP contribution < -0.4 is 4.90 Å². The van der Waals surface area contributed by atoms with Crippen LogP contribution in [0, 0.1) is 19.7 Å². The predicted molar refractivity (Wildman–Crippen MR) is 118 cm³/mol. The van der Waals surface area contributed by atoms with Gasteiger partial charge in [0.05, 0.1) is 5.69 Å². The lowest BCUT2D eigenvalue weighted by molar-refractivity contribution is 0.0746. The maximum absolute atomic E-state index is 13.7. The van der Waals surface area contributed by atoms with Crippen molar-refractivity contribution in [3.05, 3.63) is 71.3 Å². The number of amides is 1. The first-order chi connectivity index (χ1) is 15.5. The molecule has 4 aromatic rings. The first kappa shape index (κ1) is 20.0. The minimum absolute atomic E-state index is 0.0429. The van der Waals surface area contributed by atoms with E-state index in [1.165, 1.54) is 23.1 Å². The third-order valence-corrected chi connectivity index (χ3v) is 5.61. The topological polar surface area (TPSA) is 80.0 Å². The van der Waals surface area contributed by atoms with Gasteiger partial charge in [-0.3, -0.25) is 4.79 Å². The van der Waals surface area contributed by atoms with Gasteiger partial charge in [0.2, 0.25) is 0 Å². The third-order valence-electron chi connectivity index (χ3n) is 5.61. The molecule has 5 rings (SSSR count). The largest absolute Gasteiger partial charge is 0.351 e. The fourth-order valence-corrected chi connectivity index (χ4v) is 4.15. The van der Waals surface area contributed by atoms with Gasteiger partial charge >= 0.3 is 0 Å². The molecular formula is C23H22FN7O. The monoisotopic (exact) mass is 431 g/mol. The first-order valence-electron chi connectivity index (χ1n) is 10.4. The van der Waals surface area contributed by atoms with E-state index in [4.69, 9.17) is 0 Å². The van der Waals surface area contributed by atoms with E-state index in [0.29, 0.717) is 48.8 Å². The van der Waals surface area contributed by atoms with Crippen LogP contribution in [0.1, 0.15) is 21.5 Å². The molecule has 2 aromatic heterocycles. The van der Waals surface area contributed by atoms with Crippen molar-refractivity contribution in [2.75, 3.05) is 31.1 Å². The zero-order valence-electron chi connectivity index (χ0n) is 17.9. The van der Waals surface area contributed by atoms with Crippen molar-refractivity contribution in [2.24, 2.45) is 0 Å². The highest BCUT2D eigenvalue weighted by Crippen LogP contribution is 2.24. The number of anilines is 1. The summed E-state index contributed by atoms with van der Waals surface area (Å²) in [7, 11) is 0. The first-order valence-corrected chi connectivity index (χ1v) is 10.4. The number of carbonyl (C=O) groups excluding carboxylic acids is 1. The van der Waals surface area contributed by atoms with Gasteiger partial charge in [-0.15, -0.1) is 5.10 Å². The molecule has 0 spiro atoms. The molecule has 0 aliphatic carbocycles. The SMILES string of the molecule is Cc1cc(C)cc(C(=O)N2CCN(c3ncnc4c3nnn4-c3cccc(F)c3)CC2)c1. The van der Waals surface area contributed by atoms with Crippen LogP contribution in [0.4, 0.5) is 10.2 Å². The van der Waals surface area contributed by atoms with E-state index in [1.54, 1.807) is 12.1 Å². The normalized spacial score (nSPS) is 14.2. The number of hydrogen-bond acceptors (Lipinski definition) is 6. The Hall–Kier alpha value is -3.88. The Morgan fingerprint density at radius 3 is 2.44 bits per heavy atom. The van der Waals surface area contributed by atoms with Crippen LogP contribution in [-0.2, 0) is 0 Å². The molecule has 9 heteroatoms. The van der Waals surface area contributed by atoms with Crippen LogP contribution in [0.2, 0.25) is 0 Å². The molecule has 1 fully saturated rings. The summed E-state index contributed by atoms with van der Waals surface area (Å²) in [4.78, 5) is 25.7. The van der Waals surface area contributed by atoms with Gasteiger partial charge in [-0.05, 0) is 44.2 Å². The number of aryl methyl sites for hydroxylation is 2. The van der Waals surface area contributed by atoms with Crippen molar-refractivity contribution in [3.8, 4) is 5.69 Å². The Morgan fingerprint density at radius 2 is 1.72 bits per heavy atom. The van der Waals surface area contributed by atoms with Crippen LogP contribution in [0.3, 0.4) is 0 Å². The van der Waals surface area contributed by atoms with Crippen molar-refractivity contribution in [2.45, 2.75) is 13.8 Å². The second kappa shape index (κ2) is 7.99. The molecule has 2 aromatic carbocycles. The van der Waals surface area contributed by atoms with Crippen molar-refractivity contribution in [3.63, 3.8) is 0 Å². The molecular weight excluding hydrogens is 409 g/mol. The van der Waals surface area contributed by atoms with Gasteiger partial charge in [0.1, 0.15) is 12.1 Å². The summed E-state index contributed by atoms with van der Waals surface area (Å²) in [6.45, 7) is 6.40. The lowest BCUT2D eigenvalue weighted by Gasteiger charge is -2.35. The molecule has 0 radical (unpaired) electrons. The quantitative estimate of drug-likeness (QED) is 0.496. The van der Waals surface area contributed by atoms with E-state index >= 15 is 0 Å². The minimum atomic E-state index is -0.356. The molecule has 0 atom stereocenters. The maximum Gasteiger partial charge on any atom is 0.253 e. The number of benzene rings is 2. The van der Waals surface area contributed by atoms with Crippen molar-refractivity contribution in [1.29, 1.82) is 0 Å². The summed E-state index contributed by atoms with van der Waals surface area (Å²) in [5, 5.41) is 8.43. The molecule has 1 amide bonds. The van der Waals surface area contributed by atoms with Crippen LogP contribution in [0.15, 0.2) is 48.8 Å². The molecule has 0 unspecified atom stereocenters. The average molecular weight is 431 g/mol. The Labute approximate surface area is 184 Å². The van der Waals surface area contributed by atoms with E-state index in [-0.39, 0.29) is 11.7 Å². The van der Waals surface area contributed by atoms with E-state index in [1.807, 2.05) is 30.9 Å². The molecule has 32 heavy (non-hydrogen) atoms. The van der Waals surface area contributed by atoms with Gasteiger partial charge < -0.3 is 9.80 Å². The summed E-state index contributed by atoms with van der Waals surface area (Å²) in [5.74, 6) is 0.350. The highest BCUT2D eigenvalue weighted by molar-refractivity contribution is 5.95. The van der Waals surface area contributed by atoms with Crippen molar-refractivity contribution in [1.82, 2.24) is 29.9 Å². The van der Waals surface area contributed by atoms with Gasteiger partial charge in [0.15, 0.2) is 17.0 Å². The number of aromatic nitrogens is 5. The molecule has 3 heterocycles. The van der Waals surface area contributed by atoms with Gasteiger partial charge in [-0.2, -0.15) is 4.68 Å². The average Bonchev–Trinajstić information content (AvgIpc) is 3.22. The summed E-state index contributed by atoms with van der Waals surface area (Å²) in [6, 6.07) is 12.0. The van der Waals surface area contributed by atoms with Gasteiger partial charge in [0, 0.05) is 31.7 Å². The number of hydrogen-bond donors (Lipinski definition) is 0. The molecule has 1 saturated heterocycles. The Kier molecular flexibility index (Phi) is 5.01. The van der Waals surface area contributed by atoms with Crippen LogP contribution >= 0.6 is 0 Å². The van der Waals surface area contributed by atoms with E-state index in [0.717, 1.165) is 16.7 Å². The maximum atomic E-state index is 13.7. The molecule has 1 aliphatic heterocycles.